The molecule has 0 heterocycles. The molecule has 0 saturated heterocycles. The lowest BCUT2D eigenvalue weighted by molar-refractivity contribution is -0.144. The fourth-order valence-corrected chi connectivity index (χ4v) is 3.93. The summed E-state index contributed by atoms with van der Waals surface area (Å²) in [6.07, 6.45) is 18.0. The van der Waals surface area contributed by atoms with Gasteiger partial charge in [0.2, 0.25) is 0 Å². The third-order valence-electron chi connectivity index (χ3n) is 5.62. The second kappa shape index (κ2) is 9.75. The number of hydrogen-bond acceptors (Lipinski definition) is 4. The first-order chi connectivity index (χ1) is 12.7. The Morgan fingerprint density at radius 1 is 0.769 bits per heavy atom. The maximum atomic E-state index is 12.5. The van der Waals surface area contributed by atoms with E-state index in [0.29, 0.717) is 49.0 Å². The van der Waals surface area contributed by atoms with Gasteiger partial charge in [-0.25, -0.2) is 9.59 Å². The molecule has 3 aliphatic carbocycles. The van der Waals surface area contributed by atoms with Gasteiger partial charge in [-0.15, -0.1) is 0 Å². The average molecular weight is 358 g/mol. The van der Waals surface area contributed by atoms with Crippen molar-refractivity contribution in [2.75, 3.05) is 13.2 Å². The maximum absolute atomic E-state index is 12.5. The first-order valence-electron chi connectivity index (χ1n) is 10.1. The van der Waals surface area contributed by atoms with Gasteiger partial charge in [0.15, 0.2) is 0 Å². The number of rotatable bonds is 6. The normalized spacial score (nSPS) is 25.8. The van der Waals surface area contributed by atoms with E-state index in [1.54, 1.807) is 0 Å². The molecule has 4 heteroatoms. The molecule has 0 spiro atoms. The lowest BCUT2D eigenvalue weighted by atomic mass is 9.91. The lowest BCUT2D eigenvalue weighted by Crippen LogP contribution is -2.23. The molecule has 0 aromatic rings. The van der Waals surface area contributed by atoms with Crippen molar-refractivity contribution in [2.24, 2.45) is 11.8 Å². The van der Waals surface area contributed by atoms with Crippen LogP contribution in [0.3, 0.4) is 0 Å². The molecule has 2 unspecified atom stereocenters. The molecule has 0 aromatic carbocycles. The Kier molecular flexibility index (Phi) is 7.10. The fourth-order valence-electron chi connectivity index (χ4n) is 3.93. The van der Waals surface area contributed by atoms with E-state index in [1.807, 2.05) is 0 Å². The summed E-state index contributed by atoms with van der Waals surface area (Å²) in [7, 11) is 0. The van der Waals surface area contributed by atoms with Crippen LogP contribution in [0.15, 0.2) is 35.5 Å². The van der Waals surface area contributed by atoms with Crippen LogP contribution in [0, 0.1) is 11.8 Å². The van der Waals surface area contributed by atoms with Gasteiger partial charge in [-0.3, -0.25) is 0 Å². The van der Waals surface area contributed by atoms with Crippen LogP contribution in [0.4, 0.5) is 0 Å². The molecule has 0 fully saturated rings. The quantitative estimate of drug-likeness (QED) is 0.512. The van der Waals surface area contributed by atoms with Gasteiger partial charge in [0.05, 0.1) is 13.2 Å². The van der Waals surface area contributed by atoms with Crippen molar-refractivity contribution in [3.8, 4) is 0 Å². The number of carbonyl (C=O) groups is 2. The third kappa shape index (κ3) is 5.33. The minimum absolute atomic E-state index is 0.313. The maximum Gasteiger partial charge on any atom is 0.334 e. The zero-order valence-electron chi connectivity index (χ0n) is 15.6. The monoisotopic (exact) mass is 358 g/mol. The van der Waals surface area contributed by atoms with Crippen LogP contribution < -0.4 is 0 Å². The van der Waals surface area contributed by atoms with Gasteiger partial charge < -0.3 is 9.47 Å². The Morgan fingerprint density at radius 3 is 1.62 bits per heavy atom. The van der Waals surface area contributed by atoms with Crippen LogP contribution in [-0.4, -0.2) is 25.2 Å². The number of ether oxygens (including phenoxy) is 2. The smallest absolute Gasteiger partial charge is 0.334 e. The molecule has 0 saturated carbocycles. The highest BCUT2D eigenvalue weighted by Crippen LogP contribution is 2.28. The van der Waals surface area contributed by atoms with Crippen molar-refractivity contribution >= 4 is 11.9 Å². The van der Waals surface area contributed by atoms with Crippen LogP contribution in [0.1, 0.15) is 64.2 Å². The van der Waals surface area contributed by atoms with Gasteiger partial charge in [-0.1, -0.05) is 24.3 Å². The summed E-state index contributed by atoms with van der Waals surface area (Å²) in [6, 6.07) is 0. The molecule has 0 N–H and O–H groups in total. The highest BCUT2D eigenvalue weighted by atomic mass is 16.5. The Hall–Kier alpha value is -1.84. The van der Waals surface area contributed by atoms with E-state index in [2.05, 4.69) is 24.3 Å². The molecule has 3 aliphatic rings. The van der Waals surface area contributed by atoms with Gasteiger partial charge in [0.1, 0.15) is 0 Å². The van der Waals surface area contributed by atoms with Gasteiger partial charge in [0, 0.05) is 11.1 Å². The summed E-state index contributed by atoms with van der Waals surface area (Å²) in [6.45, 7) is 0.896. The largest absolute Gasteiger partial charge is 0.462 e. The molecule has 26 heavy (non-hydrogen) atoms. The summed E-state index contributed by atoms with van der Waals surface area (Å²) in [5.41, 5.74) is 1.10. The summed E-state index contributed by atoms with van der Waals surface area (Å²) >= 11 is 0. The second-order valence-corrected chi connectivity index (χ2v) is 7.66. The Balaban J connectivity index is 1.55. The van der Waals surface area contributed by atoms with Crippen LogP contribution >= 0.6 is 0 Å². The van der Waals surface area contributed by atoms with E-state index in [0.717, 1.165) is 51.4 Å². The van der Waals surface area contributed by atoms with Crippen molar-refractivity contribution in [2.45, 2.75) is 64.2 Å². The predicted molar refractivity (Wildman–Crippen MR) is 100 cm³/mol. The Labute approximate surface area is 156 Å². The number of allylic oxidation sites excluding steroid dienone is 4. The summed E-state index contributed by atoms with van der Waals surface area (Å²) in [4.78, 5) is 25.1. The number of carbonyl (C=O) groups excluding carboxylic acids is 2. The Bertz CT molecular complexity index is 547. The highest BCUT2D eigenvalue weighted by Gasteiger charge is 2.27. The molecule has 0 amide bonds. The second-order valence-electron chi connectivity index (χ2n) is 7.66. The van der Waals surface area contributed by atoms with Crippen molar-refractivity contribution in [3.63, 3.8) is 0 Å². The zero-order chi connectivity index (χ0) is 18.2. The van der Waals surface area contributed by atoms with E-state index < -0.39 is 0 Å². The standard InChI is InChI=1S/C22H30O4/c23-21(25-15-17-9-3-1-4-10-17)19-13-7-8-14-20(19)22(24)26-16-18-11-5-2-6-12-18/h1-3,5,17-18H,4,6-16H2. The van der Waals surface area contributed by atoms with Crippen molar-refractivity contribution in [1.29, 1.82) is 0 Å². The minimum atomic E-state index is -0.313. The first kappa shape index (κ1) is 18.9. The van der Waals surface area contributed by atoms with Gasteiger partial charge >= 0.3 is 11.9 Å². The van der Waals surface area contributed by atoms with Crippen LogP contribution in [0.25, 0.3) is 0 Å². The minimum Gasteiger partial charge on any atom is -0.462 e. The molecule has 3 rings (SSSR count). The van der Waals surface area contributed by atoms with Crippen LogP contribution in [0.5, 0.6) is 0 Å². The molecular weight excluding hydrogens is 328 g/mol. The number of esters is 2. The van der Waals surface area contributed by atoms with Gasteiger partial charge in [-0.05, 0) is 76.0 Å². The topological polar surface area (TPSA) is 52.6 Å². The molecule has 2 atom stereocenters. The van der Waals surface area contributed by atoms with E-state index in [1.165, 1.54) is 0 Å². The van der Waals surface area contributed by atoms with Crippen LogP contribution in [-0.2, 0) is 19.1 Å². The van der Waals surface area contributed by atoms with E-state index in [9.17, 15) is 9.59 Å². The highest BCUT2D eigenvalue weighted by molar-refractivity contribution is 6.00. The molecule has 142 valence electrons. The van der Waals surface area contributed by atoms with Crippen molar-refractivity contribution in [1.82, 2.24) is 0 Å². The average Bonchev–Trinajstić information content (AvgIpc) is 2.72. The number of hydrogen-bond donors (Lipinski definition) is 0. The molecule has 0 radical (unpaired) electrons. The predicted octanol–water partition coefficient (Wildman–Crippen LogP) is 4.66. The summed E-state index contributed by atoms with van der Waals surface area (Å²) in [5, 5.41) is 0. The van der Waals surface area contributed by atoms with Crippen LogP contribution in [0.2, 0.25) is 0 Å². The fraction of sp³-hybridized carbons (Fsp3) is 0.636. The van der Waals surface area contributed by atoms with E-state index in [-0.39, 0.29) is 11.9 Å². The molecule has 0 bridgehead atoms. The lowest BCUT2D eigenvalue weighted by Gasteiger charge is -2.22. The molecule has 0 aromatic heterocycles. The zero-order valence-corrected chi connectivity index (χ0v) is 15.6. The summed E-state index contributed by atoms with van der Waals surface area (Å²) < 4.78 is 11.1. The van der Waals surface area contributed by atoms with Gasteiger partial charge in [0.25, 0.3) is 0 Å². The van der Waals surface area contributed by atoms with Crippen molar-refractivity contribution in [3.05, 3.63) is 35.5 Å². The van der Waals surface area contributed by atoms with Crippen molar-refractivity contribution < 1.29 is 19.1 Å². The molecule has 4 nitrogen and oxygen atoms in total. The van der Waals surface area contributed by atoms with E-state index in [4.69, 9.17) is 9.47 Å². The van der Waals surface area contributed by atoms with E-state index >= 15 is 0 Å². The molecular formula is C22H30O4. The molecule has 0 aliphatic heterocycles. The first-order valence-corrected chi connectivity index (χ1v) is 10.1. The summed E-state index contributed by atoms with van der Waals surface area (Å²) in [5.74, 6) is 0.185. The van der Waals surface area contributed by atoms with Gasteiger partial charge in [-0.2, -0.15) is 0 Å². The SMILES string of the molecule is O=C(OCC1CC=CCC1)C1=C(C(=O)OCC2CC=CCC2)CCCC1. The Morgan fingerprint density at radius 2 is 1.23 bits per heavy atom. The third-order valence-corrected chi connectivity index (χ3v) is 5.62.